The summed E-state index contributed by atoms with van der Waals surface area (Å²) in [5.74, 6) is 0.195. The molecule has 128 valence electrons. The molecule has 0 bridgehead atoms. The van der Waals surface area contributed by atoms with Gasteiger partial charge in [0.15, 0.2) is 0 Å². The maximum Gasteiger partial charge on any atom is 0.366 e. The Morgan fingerprint density at radius 1 is 0.960 bits per heavy atom. The molecule has 0 heterocycles. The zero-order valence-electron chi connectivity index (χ0n) is 13.8. The molecule has 0 radical (unpaired) electrons. The number of fused-ring (bicyclic) bond motifs is 1. The van der Waals surface area contributed by atoms with Gasteiger partial charge in [-0.2, -0.15) is 0 Å². The molecule has 0 fully saturated rings. The van der Waals surface area contributed by atoms with Gasteiger partial charge in [0.25, 0.3) is 0 Å². The molecule has 0 unspecified atom stereocenters. The van der Waals surface area contributed by atoms with Crippen LogP contribution in [0.2, 0.25) is 0 Å². The van der Waals surface area contributed by atoms with E-state index in [9.17, 15) is 9.90 Å². The topological polar surface area (TPSA) is 77.0 Å². The van der Waals surface area contributed by atoms with Gasteiger partial charge in [-0.3, -0.25) is 0 Å². The summed E-state index contributed by atoms with van der Waals surface area (Å²) in [6.45, 7) is 0. The van der Waals surface area contributed by atoms with E-state index >= 15 is 0 Å². The Morgan fingerprint density at radius 2 is 1.68 bits per heavy atom. The number of hydrogen-bond acceptors (Lipinski definition) is 6. The van der Waals surface area contributed by atoms with E-state index in [2.05, 4.69) is 5.48 Å². The van der Waals surface area contributed by atoms with E-state index < -0.39 is 5.97 Å². The van der Waals surface area contributed by atoms with Gasteiger partial charge in [0.2, 0.25) is 0 Å². The molecule has 0 aliphatic carbocycles. The second kappa shape index (κ2) is 7.00. The van der Waals surface area contributed by atoms with Crippen LogP contribution in [0.25, 0.3) is 10.8 Å². The van der Waals surface area contributed by atoms with Crippen LogP contribution in [0.5, 0.6) is 17.2 Å². The van der Waals surface area contributed by atoms with Gasteiger partial charge >= 0.3 is 5.97 Å². The molecule has 0 aromatic heterocycles. The van der Waals surface area contributed by atoms with E-state index in [0.29, 0.717) is 17.2 Å². The largest absolute Gasteiger partial charge is 0.507 e. The van der Waals surface area contributed by atoms with Gasteiger partial charge in [-0.1, -0.05) is 24.3 Å². The molecule has 2 N–H and O–H groups in total. The van der Waals surface area contributed by atoms with Crippen molar-refractivity contribution in [1.29, 1.82) is 0 Å². The zero-order chi connectivity index (χ0) is 17.8. The number of aromatic hydroxyl groups is 1. The lowest BCUT2D eigenvalue weighted by Crippen LogP contribution is -2.11. The maximum absolute atomic E-state index is 12.3. The number of hydrogen-bond donors (Lipinski definition) is 2. The average Bonchev–Trinajstić information content (AvgIpc) is 2.65. The molecule has 0 saturated carbocycles. The van der Waals surface area contributed by atoms with Crippen molar-refractivity contribution in [3.05, 3.63) is 60.2 Å². The summed E-state index contributed by atoms with van der Waals surface area (Å²) >= 11 is 0. The molecule has 0 aliphatic heterocycles. The number of rotatable bonds is 5. The van der Waals surface area contributed by atoms with Gasteiger partial charge in [-0.15, -0.1) is 0 Å². The molecule has 6 heteroatoms. The van der Waals surface area contributed by atoms with E-state index in [1.807, 2.05) is 24.3 Å². The minimum absolute atomic E-state index is 0.0630. The van der Waals surface area contributed by atoms with Crippen LogP contribution >= 0.6 is 0 Å². The van der Waals surface area contributed by atoms with Crippen LogP contribution in [-0.2, 0) is 4.84 Å². The van der Waals surface area contributed by atoms with Crippen LogP contribution in [0.3, 0.4) is 0 Å². The summed E-state index contributed by atoms with van der Waals surface area (Å²) in [6.07, 6.45) is 0. The lowest BCUT2D eigenvalue weighted by Gasteiger charge is -2.13. The summed E-state index contributed by atoms with van der Waals surface area (Å²) in [6, 6.07) is 15.6. The fourth-order valence-corrected chi connectivity index (χ4v) is 2.44. The van der Waals surface area contributed by atoms with Gasteiger partial charge in [0.05, 0.1) is 14.2 Å². The van der Waals surface area contributed by atoms with Crippen molar-refractivity contribution >= 4 is 22.4 Å². The predicted molar refractivity (Wildman–Crippen MR) is 94.2 cm³/mol. The number of anilines is 1. The van der Waals surface area contributed by atoms with Crippen LogP contribution in [0, 0.1) is 0 Å². The molecule has 3 aromatic rings. The fraction of sp³-hybridized carbons (Fsp3) is 0.105. The van der Waals surface area contributed by atoms with Crippen molar-refractivity contribution in [3.8, 4) is 17.2 Å². The first-order valence-electron chi connectivity index (χ1n) is 7.53. The highest BCUT2D eigenvalue weighted by molar-refractivity contribution is 5.98. The number of carbonyl (C=O) groups excluding carboxylic acids is 1. The first-order valence-corrected chi connectivity index (χ1v) is 7.53. The minimum atomic E-state index is -0.715. The van der Waals surface area contributed by atoms with Crippen LogP contribution in [0.1, 0.15) is 10.4 Å². The van der Waals surface area contributed by atoms with E-state index in [0.717, 1.165) is 10.8 Å². The van der Waals surface area contributed by atoms with E-state index in [4.69, 9.17) is 14.3 Å². The quantitative estimate of drug-likeness (QED) is 0.690. The van der Waals surface area contributed by atoms with E-state index in [1.165, 1.54) is 20.3 Å². The van der Waals surface area contributed by atoms with Gasteiger partial charge in [0.1, 0.15) is 28.5 Å². The first kappa shape index (κ1) is 16.4. The predicted octanol–water partition coefficient (Wildman–Crippen LogP) is 3.75. The fourth-order valence-electron chi connectivity index (χ4n) is 2.44. The molecular formula is C19H17NO5. The first-order chi connectivity index (χ1) is 12.1. The third-order valence-electron chi connectivity index (χ3n) is 3.74. The number of ether oxygens (including phenoxy) is 2. The number of methoxy groups -OCH3 is 2. The monoisotopic (exact) mass is 339 g/mol. The Labute approximate surface area is 144 Å². The van der Waals surface area contributed by atoms with Gasteiger partial charge in [-0.25, -0.2) is 10.3 Å². The molecule has 0 saturated heterocycles. The molecule has 6 nitrogen and oxygen atoms in total. The van der Waals surface area contributed by atoms with Crippen molar-refractivity contribution in [2.45, 2.75) is 0 Å². The molecule has 0 aliphatic rings. The molecule has 3 aromatic carbocycles. The van der Waals surface area contributed by atoms with Crippen LogP contribution in [-0.4, -0.2) is 25.3 Å². The number of phenols is 1. The highest BCUT2D eigenvalue weighted by Crippen LogP contribution is 2.30. The SMILES string of the molecule is COc1ccc(OC)c(NOC(=O)c2cc3ccccc3cc2O)c1. The molecule has 3 rings (SSSR count). The Kier molecular flexibility index (Phi) is 4.61. The molecule has 0 amide bonds. The number of phenolic OH excluding ortho intramolecular Hbond substituents is 1. The smallest absolute Gasteiger partial charge is 0.366 e. The summed E-state index contributed by atoms with van der Waals surface area (Å²) in [5.41, 5.74) is 3.04. The lowest BCUT2D eigenvalue weighted by molar-refractivity contribution is 0.0592. The number of nitrogens with one attached hydrogen (secondary N) is 1. The highest BCUT2D eigenvalue weighted by atomic mass is 16.7. The Bertz CT molecular complexity index is 923. The number of benzene rings is 3. The average molecular weight is 339 g/mol. The van der Waals surface area contributed by atoms with Crippen molar-refractivity contribution in [3.63, 3.8) is 0 Å². The lowest BCUT2D eigenvalue weighted by atomic mass is 10.1. The standard InChI is InChI=1S/C19H17NO5/c1-23-14-7-8-18(24-2)16(11-14)20-25-19(22)15-9-12-5-3-4-6-13(12)10-17(15)21/h3-11,20-21H,1-2H3. The molecule has 0 atom stereocenters. The summed E-state index contributed by atoms with van der Waals surface area (Å²) in [5, 5.41) is 11.7. The van der Waals surface area contributed by atoms with Crippen LogP contribution < -0.4 is 15.0 Å². The number of carbonyl (C=O) groups is 1. The van der Waals surface area contributed by atoms with Crippen molar-refractivity contribution in [2.24, 2.45) is 0 Å². The van der Waals surface area contributed by atoms with Crippen molar-refractivity contribution in [1.82, 2.24) is 0 Å². The molecular weight excluding hydrogens is 322 g/mol. The normalized spacial score (nSPS) is 10.3. The summed E-state index contributed by atoms with van der Waals surface area (Å²) in [4.78, 5) is 17.4. The van der Waals surface area contributed by atoms with Crippen molar-refractivity contribution in [2.75, 3.05) is 19.7 Å². The third kappa shape index (κ3) is 3.42. The van der Waals surface area contributed by atoms with Gasteiger partial charge in [-0.05, 0) is 35.0 Å². The third-order valence-corrected chi connectivity index (χ3v) is 3.74. The second-order valence-electron chi connectivity index (χ2n) is 5.27. The zero-order valence-corrected chi connectivity index (χ0v) is 13.8. The van der Waals surface area contributed by atoms with E-state index in [1.54, 1.807) is 24.3 Å². The summed E-state index contributed by atoms with van der Waals surface area (Å²) < 4.78 is 10.3. The Morgan fingerprint density at radius 3 is 2.36 bits per heavy atom. The molecule has 0 spiro atoms. The second-order valence-corrected chi connectivity index (χ2v) is 5.27. The van der Waals surface area contributed by atoms with Crippen molar-refractivity contribution < 1.29 is 24.2 Å². The van der Waals surface area contributed by atoms with Crippen LogP contribution in [0.4, 0.5) is 5.69 Å². The molecule has 25 heavy (non-hydrogen) atoms. The maximum atomic E-state index is 12.3. The Hall–Kier alpha value is -3.41. The highest BCUT2D eigenvalue weighted by Gasteiger charge is 2.15. The van der Waals surface area contributed by atoms with E-state index in [-0.39, 0.29) is 11.3 Å². The Balaban J connectivity index is 1.82. The summed E-state index contributed by atoms with van der Waals surface area (Å²) in [7, 11) is 3.04. The van der Waals surface area contributed by atoms with Gasteiger partial charge in [0, 0.05) is 6.07 Å². The minimum Gasteiger partial charge on any atom is -0.507 e. The van der Waals surface area contributed by atoms with Crippen LogP contribution in [0.15, 0.2) is 54.6 Å². The van der Waals surface area contributed by atoms with Gasteiger partial charge < -0.3 is 19.4 Å².